The monoisotopic (exact) mass is 224 g/mol. The van der Waals surface area contributed by atoms with Crippen LogP contribution in [0.15, 0.2) is 12.2 Å². The molecule has 0 amide bonds. The fraction of sp³-hybridized carbons (Fsp3) is 0.750. The summed E-state index contributed by atoms with van der Waals surface area (Å²) >= 11 is 0. The van der Waals surface area contributed by atoms with Crippen LogP contribution in [0, 0.1) is 11.8 Å². The zero-order chi connectivity index (χ0) is 11.5. The molecule has 0 aromatic carbocycles. The fourth-order valence-electron chi connectivity index (χ4n) is 3.10. The normalized spacial score (nSPS) is 34.7. The number of hydrogen-bond acceptors (Lipinski definition) is 3. The summed E-state index contributed by atoms with van der Waals surface area (Å²) in [6.07, 6.45) is 5.38. The highest BCUT2D eigenvalue weighted by atomic mass is 16.4. The molecule has 1 aliphatic carbocycles. The van der Waals surface area contributed by atoms with Gasteiger partial charge in [-0.1, -0.05) is 6.08 Å². The Labute approximate surface area is 96.3 Å². The van der Waals surface area contributed by atoms with Gasteiger partial charge < -0.3 is 15.3 Å². The second-order valence-electron chi connectivity index (χ2n) is 5.06. The minimum Gasteiger partial charge on any atom is -0.478 e. The first kappa shape index (κ1) is 11.6. The summed E-state index contributed by atoms with van der Waals surface area (Å²) in [4.78, 5) is 12.7. The maximum Gasteiger partial charge on any atom is 0.328 e. The van der Waals surface area contributed by atoms with Crippen LogP contribution in [0.3, 0.4) is 0 Å². The van der Waals surface area contributed by atoms with E-state index in [2.05, 4.69) is 17.3 Å². The van der Waals surface area contributed by atoms with E-state index in [9.17, 15) is 4.79 Å². The number of carboxylic acid groups (broad SMARTS) is 1. The molecule has 3 atom stereocenters. The first-order valence-electron chi connectivity index (χ1n) is 5.96. The minimum absolute atomic E-state index is 0.585. The highest BCUT2D eigenvalue weighted by Gasteiger charge is 2.39. The van der Waals surface area contributed by atoms with Gasteiger partial charge in [0.15, 0.2) is 0 Å². The zero-order valence-corrected chi connectivity index (χ0v) is 9.72. The van der Waals surface area contributed by atoms with E-state index in [0.29, 0.717) is 12.6 Å². The van der Waals surface area contributed by atoms with Crippen LogP contribution in [0.1, 0.15) is 12.8 Å². The molecule has 4 heteroatoms. The van der Waals surface area contributed by atoms with Crippen LogP contribution >= 0.6 is 0 Å². The molecular formula is C12H20N2O2. The number of carboxylic acids is 1. The molecule has 16 heavy (non-hydrogen) atoms. The molecule has 1 saturated carbocycles. The third-order valence-corrected chi connectivity index (χ3v) is 3.72. The lowest BCUT2D eigenvalue weighted by Crippen LogP contribution is -2.29. The minimum atomic E-state index is -0.869. The summed E-state index contributed by atoms with van der Waals surface area (Å²) in [5.74, 6) is 0.837. The predicted molar refractivity (Wildman–Crippen MR) is 62.3 cm³/mol. The van der Waals surface area contributed by atoms with E-state index in [4.69, 9.17) is 5.11 Å². The molecule has 2 fully saturated rings. The number of rotatable bonds is 4. The van der Waals surface area contributed by atoms with Crippen molar-refractivity contribution in [2.75, 3.05) is 26.7 Å². The first-order chi connectivity index (χ1) is 7.65. The number of carbonyl (C=O) groups is 1. The Balaban J connectivity index is 1.69. The van der Waals surface area contributed by atoms with Crippen molar-refractivity contribution in [3.63, 3.8) is 0 Å². The van der Waals surface area contributed by atoms with Crippen molar-refractivity contribution in [2.45, 2.75) is 18.9 Å². The van der Waals surface area contributed by atoms with Crippen molar-refractivity contribution in [1.82, 2.24) is 10.2 Å². The van der Waals surface area contributed by atoms with Gasteiger partial charge in [0.25, 0.3) is 0 Å². The van der Waals surface area contributed by atoms with Gasteiger partial charge in [-0.3, -0.25) is 0 Å². The van der Waals surface area contributed by atoms with Gasteiger partial charge in [-0.05, 0) is 31.7 Å². The second-order valence-corrected chi connectivity index (χ2v) is 5.06. The number of likely N-dealkylation sites (tertiary alicyclic amines) is 1. The third-order valence-electron chi connectivity index (χ3n) is 3.72. The molecule has 0 aromatic rings. The summed E-state index contributed by atoms with van der Waals surface area (Å²) < 4.78 is 0. The number of hydrogen-bond donors (Lipinski definition) is 2. The highest BCUT2D eigenvalue weighted by molar-refractivity contribution is 5.79. The number of nitrogens with zero attached hydrogens (tertiary/aromatic N) is 1. The zero-order valence-electron chi connectivity index (χ0n) is 9.72. The Kier molecular flexibility index (Phi) is 3.61. The van der Waals surface area contributed by atoms with Crippen molar-refractivity contribution in [1.29, 1.82) is 0 Å². The van der Waals surface area contributed by atoms with Gasteiger partial charge in [0.2, 0.25) is 0 Å². The van der Waals surface area contributed by atoms with Crippen LogP contribution in [-0.2, 0) is 4.79 Å². The van der Waals surface area contributed by atoms with Gasteiger partial charge in [-0.2, -0.15) is 0 Å². The van der Waals surface area contributed by atoms with Gasteiger partial charge in [0.05, 0.1) is 0 Å². The van der Waals surface area contributed by atoms with E-state index in [1.54, 1.807) is 6.08 Å². The third kappa shape index (κ3) is 2.83. The Morgan fingerprint density at radius 3 is 2.62 bits per heavy atom. The molecule has 0 bridgehead atoms. The van der Waals surface area contributed by atoms with Crippen molar-refractivity contribution < 1.29 is 9.90 Å². The lowest BCUT2D eigenvalue weighted by Gasteiger charge is -2.14. The summed E-state index contributed by atoms with van der Waals surface area (Å²) in [7, 11) is 2.19. The van der Waals surface area contributed by atoms with Crippen LogP contribution in [0.4, 0.5) is 0 Å². The quantitative estimate of drug-likeness (QED) is 0.685. The fourth-order valence-corrected chi connectivity index (χ4v) is 3.10. The Bertz CT molecular complexity index is 277. The summed E-state index contributed by atoms with van der Waals surface area (Å²) in [5, 5.41) is 11.9. The summed E-state index contributed by atoms with van der Waals surface area (Å²) in [6.45, 7) is 3.13. The van der Waals surface area contributed by atoms with Crippen LogP contribution in [0.25, 0.3) is 0 Å². The molecule has 4 nitrogen and oxygen atoms in total. The standard InChI is InChI=1S/C12H20N2O2/c1-14-7-9-5-11(6-10(9)8-14)13-4-2-3-12(15)16/h2-3,9-11,13H,4-8H2,1H3,(H,15,16)/b3-2+/t9-,10+,11?. The molecule has 90 valence electrons. The molecule has 2 N–H and O–H groups in total. The summed E-state index contributed by atoms with van der Waals surface area (Å²) in [5.41, 5.74) is 0. The molecule has 0 aromatic heterocycles. The van der Waals surface area contributed by atoms with E-state index in [-0.39, 0.29) is 0 Å². The molecule has 1 saturated heterocycles. The molecule has 2 aliphatic rings. The Morgan fingerprint density at radius 1 is 1.44 bits per heavy atom. The van der Waals surface area contributed by atoms with Crippen LogP contribution < -0.4 is 5.32 Å². The average molecular weight is 224 g/mol. The number of aliphatic carboxylic acids is 1. The van der Waals surface area contributed by atoms with Gasteiger partial charge in [-0.25, -0.2) is 4.79 Å². The molecule has 1 heterocycles. The van der Waals surface area contributed by atoms with E-state index < -0.39 is 5.97 Å². The lowest BCUT2D eigenvalue weighted by atomic mass is 10.0. The van der Waals surface area contributed by atoms with Crippen molar-refractivity contribution >= 4 is 5.97 Å². The Hall–Kier alpha value is -0.870. The first-order valence-corrected chi connectivity index (χ1v) is 5.96. The van der Waals surface area contributed by atoms with Gasteiger partial charge in [0.1, 0.15) is 0 Å². The molecular weight excluding hydrogens is 204 g/mol. The van der Waals surface area contributed by atoms with Gasteiger partial charge in [0, 0.05) is 31.8 Å². The molecule has 0 spiro atoms. The highest BCUT2D eigenvalue weighted by Crippen LogP contribution is 2.37. The average Bonchev–Trinajstić information content (AvgIpc) is 2.68. The molecule has 1 aliphatic heterocycles. The summed E-state index contributed by atoms with van der Waals surface area (Å²) in [6, 6.07) is 0.585. The van der Waals surface area contributed by atoms with Crippen molar-refractivity contribution in [3.8, 4) is 0 Å². The van der Waals surface area contributed by atoms with Gasteiger partial charge >= 0.3 is 5.97 Å². The van der Waals surface area contributed by atoms with Crippen LogP contribution in [0.5, 0.6) is 0 Å². The SMILES string of the molecule is CN1C[C@H]2CC(NC/C=C/C(=O)O)C[C@H]2C1. The maximum atomic E-state index is 10.3. The topological polar surface area (TPSA) is 52.6 Å². The van der Waals surface area contributed by atoms with E-state index in [1.165, 1.54) is 32.0 Å². The van der Waals surface area contributed by atoms with E-state index in [0.717, 1.165) is 11.8 Å². The van der Waals surface area contributed by atoms with Crippen molar-refractivity contribution in [3.05, 3.63) is 12.2 Å². The maximum absolute atomic E-state index is 10.3. The van der Waals surface area contributed by atoms with E-state index >= 15 is 0 Å². The van der Waals surface area contributed by atoms with Crippen molar-refractivity contribution in [2.24, 2.45) is 11.8 Å². The number of fused-ring (bicyclic) bond motifs is 1. The van der Waals surface area contributed by atoms with Crippen LogP contribution in [-0.4, -0.2) is 48.7 Å². The largest absolute Gasteiger partial charge is 0.478 e. The molecule has 2 rings (SSSR count). The van der Waals surface area contributed by atoms with E-state index in [1.807, 2.05) is 0 Å². The number of nitrogens with one attached hydrogen (secondary N) is 1. The lowest BCUT2D eigenvalue weighted by molar-refractivity contribution is -0.131. The van der Waals surface area contributed by atoms with Crippen LogP contribution in [0.2, 0.25) is 0 Å². The second kappa shape index (κ2) is 4.97. The molecule has 1 unspecified atom stereocenters. The molecule has 0 radical (unpaired) electrons. The smallest absolute Gasteiger partial charge is 0.328 e. The predicted octanol–water partition coefficient (Wildman–Crippen LogP) is 0.557. The van der Waals surface area contributed by atoms with Gasteiger partial charge in [-0.15, -0.1) is 0 Å². The Morgan fingerprint density at radius 2 is 2.06 bits per heavy atom.